The van der Waals surface area contributed by atoms with Crippen molar-refractivity contribution in [2.45, 2.75) is 0 Å². The molecule has 0 spiro atoms. The Kier molecular flexibility index (Phi) is 13.0. The molecule has 19 rings (SSSR count). The Labute approximate surface area is 541 Å². The summed E-state index contributed by atoms with van der Waals surface area (Å²) in [4.78, 5) is 21.0. The second kappa shape index (κ2) is 22.6. The summed E-state index contributed by atoms with van der Waals surface area (Å²) in [6.07, 6.45) is 0. The number of benzene rings is 13. The van der Waals surface area contributed by atoms with Crippen LogP contribution in [-0.4, -0.2) is 38.2 Å². The van der Waals surface area contributed by atoms with Crippen LogP contribution in [-0.2, 0) is 0 Å². The summed E-state index contributed by atoms with van der Waals surface area (Å²) in [5, 5.41) is 9.61. The minimum atomic E-state index is 0.640. The molecule has 0 aliphatic rings. The van der Waals surface area contributed by atoms with Crippen LogP contribution in [0, 0.1) is 0 Å². The number of fused-ring (bicyclic) bond motifs is 14. The monoisotopic (exact) mass is 1200 g/mol. The van der Waals surface area contributed by atoms with Crippen molar-refractivity contribution in [3.05, 3.63) is 340 Å². The van der Waals surface area contributed by atoms with Crippen molar-refractivity contribution in [3.63, 3.8) is 0 Å². The maximum atomic E-state index is 5.32. The third-order valence-electron chi connectivity index (χ3n) is 18.3. The van der Waals surface area contributed by atoms with Crippen molar-refractivity contribution < 1.29 is 0 Å². The zero-order valence-electron chi connectivity index (χ0n) is 50.9. The molecule has 94 heavy (non-hydrogen) atoms. The van der Waals surface area contributed by atoms with Crippen LogP contribution in [0.1, 0.15) is 0 Å². The van der Waals surface area contributed by atoms with Gasteiger partial charge < -0.3 is 9.13 Å². The first kappa shape index (κ1) is 54.2. The number of hydrogen-bond acceptors (Lipinski definition) is 4. The maximum absolute atomic E-state index is 5.32. The Hall–Kier alpha value is -12.8. The molecule has 8 nitrogen and oxygen atoms in total. The summed E-state index contributed by atoms with van der Waals surface area (Å²) in [6.45, 7) is 0. The fraction of sp³-hybridized carbons (Fsp3) is 0. The molecule has 19 aromatic rings. The van der Waals surface area contributed by atoms with Crippen molar-refractivity contribution >= 4 is 87.2 Å². The molecule has 8 heteroatoms. The van der Waals surface area contributed by atoms with Gasteiger partial charge in [-0.05, 0) is 83.9 Å². The van der Waals surface area contributed by atoms with Gasteiger partial charge in [0.2, 0.25) is 11.9 Å². The second-order valence-electron chi connectivity index (χ2n) is 23.7. The molecule has 0 saturated heterocycles. The Morgan fingerprint density at radius 2 is 0.447 bits per heavy atom. The fourth-order valence-corrected chi connectivity index (χ4v) is 14.1. The minimum Gasteiger partial charge on any atom is -0.309 e. The lowest BCUT2D eigenvalue weighted by atomic mass is 10.0. The normalized spacial score (nSPS) is 11.6. The van der Waals surface area contributed by atoms with Crippen LogP contribution in [0.15, 0.2) is 340 Å². The highest BCUT2D eigenvalue weighted by atomic mass is 15.2. The van der Waals surface area contributed by atoms with E-state index in [4.69, 9.17) is 19.9 Å². The highest BCUT2D eigenvalue weighted by Gasteiger charge is 2.25. The molecular weight excluding hydrogens is 1150 g/mol. The van der Waals surface area contributed by atoms with E-state index in [1.54, 1.807) is 0 Å². The smallest absolute Gasteiger partial charge is 0.235 e. The lowest BCUT2D eigenvalue weighted by Crippen LogP contribution is -2.04. The van der Waals surface area contributed by atoms with Gasteiger partial charge in [0.1, 0.15) is 0 Å². The Bertz CT molecular complexity index is 6000. The van der Waals surface area contributed by atoms with Gasteiger partial charge in [-0.2, -0.15) is 0 Å². The maximum Gasteiger partial charge on any atom is 0.235 e. The van der Waals surface area contributed by atoms with Gasteiger partial charge in [0.25, 0.3) is 0 Å². The molecule has 0 aliphatic heterocycles. The number of nitrogens with zero attached hydrogens (tertiary/aromatic N) is 8. The molecular formula is C86H56N8. The predicted octanol–water partition coefficient (Wildman–Crippen LogP) is 21.7. The van der Waals surface area contributed by atoms with Crippen LogP contribution in [0.25, 0.3) is 167 Å². The van der Waals surface area contributed by atoms with Crippen molar-refractivity contribution in [1.29, 1.82) is 0 Å². The first-order chi connectivity index (χ1) is 46.7. The van der Waals surface area contributed by atoms with Crippen molar-refractivity contribution in [2.24, 2.45) is 0 Å². The van der Waals surface area contributed by atoms with E-state index in [9.17, 15) is 0 Å². The highest BCUT2D eigenvalue weighted by Crippen LogP contribution is 2.45. The van der Waals surface area contributed by atoms with Gasteiger partial charge in [-0.3, -0.25) is 9.13 Å². The molecule has 6 heterocycles. The van der Waals surface area contributed by atoms with Gasteiger partial charge in [-0.25, -0.2) is 19.9 Å². The van der Waals surface area contributed by atoms with Gasteiger partial charge in [0, 0.05) is 76.7 Å². The molecule has 0 radical (unpaired) electrons. The molecule has 0 atom stereocenters. The van der Waals surface area contributed by atoms with Crippen LogP contribution in [0.3, 0.4) is 0 Å². The van der Waals surface area contributed by atoms with E-state index >= 15 is 0 Å². The summed E-state index contributed by atoms with van der Waals surface area (Å²) in [5.74, 6) is 1.29. The zero-order valence-corrected chi connectivity index (χ0v) is 50.9. The van der Waals surface area contributed by atoms with Crippen LogP contribution in [0.5, 0.6) is 0 Å². The van der Waals surface area contributed by atoms with E-state index in [1.807, 2.05) is 24.3 Å². The zero-order chi connectivity index (χ0) is 62.1. The van der Waals surface area contributed by atoms with Crippen molar-refractivity contribution in [3.8, 4) is 79.4 Å². The molecule has 440 valence electrons. The van der Waals surface area contributed by atoms with E-state index in [2.05, 4.69) is 334 Å². The molecule has 0 unspecified atom stereocenters. The van der Waals surface area contributed by atoms with Gasteiger partial charge in [-0.1, -0.05) is 267 Å². The van der Waals surface area contributed by atoms with Gasteiger partial charge in [0.05, 0.1) is 66.9 Å². The number of para-hydroxylation sites is 6. The van der Waals surface area contributed by atoms with E-state index in [1.165, 1.54) is 70.9 Å². The van der Waals surface area contributed by atoms with E-state index in [0.29, 0.717) is 11.9 Å². The first-order valence-electron chi connectivity index (χ1n) is 31.8. The lowest BCUT2D eigenvalue weighted by Gasteiger charge is -2.12. The average Bonchev–Trinajstić information content (AvgIpc) is 1.56. The number of aromatic nitrogens is 8. The third kappa shape index (κ3) is 9.07. The van der Waals surface area contributed by atoms with Crippen molar-refractivity contribution in [1.82, 2.24) is 38.2 Å². The molecule has 13 aromatic carbocycles. The van der Waals surface area contributed by atoms with Crippen LogP contribution >= 0.6 is 0 Å². The Morgan fingerprint density at radius 1 is 0.181 bits per heavy atom. The SMILES string of the molecule is c1ccc(-c2cc(-c3ccccc3)nc(-n3c4ccccc4c4c3ccc3c5ccccc5n(-c5ccccc5)c34)n2)cc1.c1ccc(-c2ccc(-c3cc(-c4ccccc4)nc(-n4c5ccccc5c5c4ccc4c6ccccc6n(-c6ccccc6)c45)n3)cc2)cc1. The molecule has 0 amide bonds. The fourth-order valence-electron chi connectivity index (χ4n) is 14.1. The summed E-state index contributed by atoms with van der Waals surface area (Å²) in [6, 6.07) is 119. The average molecular weight is 1200 g/mol. The topological polar surface area (TPSA) is 71.3 Å². The summed E-state index contributed by atoms with van der Waals surface area (Å²) < 4.78 is 9.28. The minimum absolute atomic E-state index is 0.640. The first-order valence-corrected chi connectivity index (χ1v) is 31.8. The summed E-state index contributed by atoms with van der Waals surface area (Å²) in [7, 11) is 0. The molecule has 0 N–H and O–H groups in total. The molecule has 6 aromatic heterocycles. The Morgan fingerprint density at radius 3 is 0.809 bits per heavy atom. The van der Waals surface area contributed by atoms with Crippen LogP contribution in [0.2, 0.25) is 0 Å². The van der Waals surface area contributed by atoms with E-state index in [0.717, 1.165) is 83.9 Å². The highest BCUT2D eigenvalue weighted by molar-refractivity contribution is 6.27. The number of hydrogen-bond donors (Lipinski definition) is 0. The van der Waals surface area contributed by atoms with Gasteiger partial charge >= 0.3 is 0 Å². The molecule has 0 aliphatic carbocycles. The quantitative estimate of drug-likeness (QED) is 0.144. The van der Waals surface area contributed by atoms with Gasteiger partial charge in [0.15, 0.2) is 0 Å². The standard InChI is InChI=1S/C46H30N4.C40H26N4/c1-4-14-31(15-5-1)32-24-26-34(27-25-32)40-30-39(33-16-6-2-7-17-33)47-46(48-40)50-42-23-13-11-21-38(42)44-43(50)29-28-37-36-20-10-12-22-41(36)49(45(37)44)35-18-8-3-9-19-35;1-4-14-27(15-5-1)33-26-34(28-16-6-2-7-17-28)42-40(41-33)44-36-23-13-11-21-32(36)38-37(44)25-24-31-30-20-10-12-22-35(30)43(39(31)38)29-18-8-3-9-19-29/h1-30H;1-26H. The summed E-state index contributed by atoms with van der Waals surface area (Å²) >= 11 is 0. The number of rotatable bonds is 9. The van der Waals surface area contributed by atoms with Crippen molar-refractivity contribution in [2.75, 3.05) is 0 Å². The molecule has 0 fully saturated rings. The molecule has 0 bridgehead atoms. The predicted molar refractivity (Wildman–Crippen MR) is 389 cm³/mol. The second-order valence-corrected chi connectivity index (χ2v) is 23.7. The molecule has 0 saturated carbocycles. The Balaban J connectivity index is 0.000000139. The summed E-state index contributed by atoms with van der Waals surface area (Å²) in [5.41, 5.74) is 21.4. The largest absolute Gasteiger partial charge is 0.309 e. The van der Waals surface area contributed by atoms with Gasteiger partial charge in [-0.15, -0.1) is 0 Å². The van der Waals surface area contributed by atoms with E-state index < -0.39 is 0 Å². The lowest BCUT2D eigenvalue weighted by molar-refractivity contribution is 0.995. The van der Waals surface area contributed by atoms with E-state index in [-0.39, 0.29) is 0 Å². The van der Waals surface area contributed by atoms with Crippen LogP contribution in [0.4, 0.5) is 0 Å². The van der Waals surface area contributed by atoms with Crippen LogP contribution < -0.4 is 0 Å². The third-order valence-corrected chi connectivity index (χ3v) is 18.3.